The Morgan fingerprint density at radius 3 is 1.93 bits per heavy atom. The molecule has 0 saturated carbocycles. The van der Waals surface area contributed by atoms with Gasteiger partial charge in [0, 0.05) is 33.8 Å². The van der Waals surface area contributed by atoms with Crippen molar-refractivity contribution in [2.75, 3.05) is 4.90 Å². The molecule has 1 aliphatic rings. The topological polar surface area (TPSA) is 38.4 Å². The van der Waals surface area contributed by atoms with E-state index in [2.05, 4.69) is 125 Å². The van der Waals surface area contributed by atoms with Gasteiger partial charge in [-0.05, 0) is 71.8 Å². The number of fused-ring (bicyclic) bond motifs is 5. The van der Waals surface area contributed by atoms with E-state index in [0.717, 1.165) is 39.0 Å². The Morgan fingerprint density at radius 2 is 1.18 bits per heavy atom. The first-order valence-corrected chi connectivity index (χ1v) is 13.7. The number of anilines is 3. The second-order valence-corrected chi connectivity index (χ2v) is 11.2. The quantitative estimate of drug-likeness (QED) is 0.217. The summed E-state index contributed by atoms with van der Waals surface area (Å²) in [6, 6.07) is 37.2. The van der Waals surface area contributed by atoms with E-state index < -0.39 is 0 Å². The molecule has 5 heteroatoms. The zero-order valence-electron chi connectivity index (χ0n) is 22.2. The summed E-state index contributed by atoms with van der Waals surface area (Å²) >= 11 is 0. The number of hydrogen-bond donors (Lipinski definition) is 0. The molecule has 0 spiro atoms. The van der Waals surface area contributed by atoms with Crippen molar-refractivity contribution in [3.8, 4) is 5.69 Å². The van der Waals surface area contributed by atoms with Crippen LogP contribution in [0.5, 0.6) is 0 Å². The van der Waals surface area contributed by atoms with Crippen LogP contribution in [0.25, 0.3) is 44.0 Å². The molecule has 5 heterocycles. The molecule has 8 aromatic rings. The Bertz CT molecular complexity index is 2120. The van der Waals surface area contributed by atoms with Gasteiger partial charge < -0.3 is 9.47 Å². The molecule has 0 atom stereocenters. The van der Waals surface area contributed by atoms with E-state index in [4.69, 9.17) is 4.98 Å². The van der Waals surface area contributed by atoms with Crippen LogP contribution in [0.4, 0.5) is 17.1 Å². The van der Waals surface area contributed by atoms with Crippen molar-refractivity contribution in [1.82, 2.24) is 19.2 Å². The van der Waals surface area contributed by atoms with Gasteiger partial charge in [-0.1, -0.05) is 56.3 Å². The lowest BCUT2D eigenvalue weighted by Crippen LogP contribution is -2.30. The number of rotatable bonds is 2. The summed E-state index contributed by atoms with van der Waals surface area (Å²) in [5, 5.41) is 7.00. The molecule has 0 N–H and O–H groups in total. The molecule has 9 rings (SSSR count). The van der Waals surface area contributed by atoms with Crippen LogP contribution in [0.1, 0.15) is 25.0 Å². The third-order valence-corrected chi connectivity index (χ3v) is 8.80. The summed E-state index contributed by atoms with van der Waals surface area (Å²) in [6.07, 6.45) is 3.76. The maximum atomic E-state index is 4.79. The molecule has 0 aliphatic carbocycles. The van der Waals surface area contributed by atoms with Crippen molar-refractivity contribution < 1.29 is 0 Å². The smallest absolute Gasteiger partial charge is 0.0988 e. The predicted octanol–water partition coefficient (Wildman–Crippen LogP) is 8.53. The van der Waals surface area contributed by atoms with Crippen LogP contribution < -0.4 is 4.90 Å². The van der Waals surface area contributed by atoms with Gasteiger partial charge in [0.25, 0.3) is 0 Å². The first kappa shape index (κ1) is 21.7. The van der Waals surface area contributed by atoms with Crippen LogP contribution in [0.15, 0.2) is 116 Å². The zero-order chi connectivity index (χ0) is 26.6. The summed E-state index contributed by atoms with van der Waals surface area (Å²) < 4.78 is 4.37. The van der Waals surface area contributed by atoms with Gasteiger partial charge in [0.15, 0.2) is 0 Å². The number of benzene rings is 4. The molecular weight excluding hydrogens is 490 g/mol. The van der Waals surface area contributed by atoms with E-state index >= 15 is 0 Å². The highest BCUT2D eigenvalue weighted by molar-refractivity contribution is 6.25. The van der Waals surface area contributed by atoms with Crippen LogP contribution in [-0.4, -0.2) is 19.2 Å². The van der Waals surface area contributed by atoms with E-state index in [1.165, 1.54) is 33.3 Å². The molecule has 0 fully saturated rings. The Labute approximate surface area is 230 Å². The summed E-state index contributed by atoms with van der Waals surface area (Å²) in [5.74, 6) is 0. The first-order valence-electron chi connectivity index (χ1n) is 13.7. The minimum atomic E-state index is -0.0733. The maximum Gasteiger partial charge on any atom is 0.0988 e. The lowest BCUT2D eigenvalue weighted by molar-refractivity contribution is 0.632. The standard InChI is InChI=1S/C35H25N5/c1-35(2)24-8-3-5-10-26(24)38(27-11-6-4-9-25(27)35)22-14-16-23(17-15-22)39-28-12-7-13-30-32(28)33-29(39)18-20-36-34(33)31-19-21-37-40(30)31/h3-21H,1-2H3. The van der Waals surface area contributed by atoms with Crippen LogP contribution >= 0.6 is 0 Å². The monoisotopic (exact) mass is 515 g/mol. The highest BCUT2D eigenvalue weighted by atomic mass is 15.2. The van der Waals surface area contributed by atoms with E-state index in [9.17, 15) is 0 Å². The van der Waals surface area contributed by atoms with Crippen molar-refractivity contribution in [1.29, 1.82) is 0 Å². The highest BCUT2D eigenvalue weighted by Crippen LogP contribution is 2.51. The molecule has 1 aliphatic heterocycles. The lowest BCUT2D eigenvalue weighted by atomic mass is 9.73. The van der Waals surface area contributed by atoms with Gasteiger partial charge in [0.2, 0.25) is 0 Å². The Morgan fingerprint density at radius 1 is 0.550 bits per heavy atom. The molecule has 5 nitrogen and oxygen atoms in total. The average molecular weight is 516 g/mol. The van der Waals surface area contributed by atoms with Crippen LogP contribution in [0.3, 0.4) is 0 Å². The summed E-state index contributed by atoms with van der Waals surface area (Å²) in [7, 11) is 0. The van der Waals surface area contributed by atoms with Crippen molar-refractivity contribution in [3.05, 3.63) is 127 Å². The summed E-state index contributed by atoms with van der Waals surface area (Å²) in [4.78, 5) is 7.19. The highest BCUT2D eigenvalue weighted by Gasteiger charge is 2.36. The molecule has 4 aromatic heterocycles. The van der Waals surface area contributed by atoms with E-state index in [0.29, 0.717) is 0 Å². The van der Waals surface area contributed by atoms with Crippen molar-refractivity contribution >= 4 is 55.4 Å². The normalized spacial score (nSPS) is 14.4. The molecule has 190 valence electrons. The number of aromatic nitrogens is 4. The van der Waals surface area contributed by atoms with Gasteiger partial charge >= 0.3 is 0 Å². The Kier molecular flexibility index (Phi) is 4.07. The van der Waals surface area contributed by atoms with Crippen LogP contribution in [0, 0.1) is 0 Å². The van der Waals surface area contributed by atoms with Crippen molar-refractivity contribution in [3.63, 3.8) is 0 Å². The SMILES string of the molecule is CC1(C)c2ccccc2N(c2ccc(-n3c4ccnc5c4c4c3cccc4n3nccc53)cc2)c2ccccc21. The van der Waals surface area contributed by atoms with E-state index in [1.54, 1.807) is 0 Å². The molecule has 0 radical (unpaired) electrons. The zero-order valence-corrected chi connectivity index (χ0v) is 22.2. The van der Waals surface area contributed by atoms with E-state index in [1.807, 2.05) is 23.0 Å². The Balaban J connectivity index is 1.27. The van der Waals surface area contributed by atoms with Crippen molar-refractivity contribution in [2.45, 2.75) is 19.3 Å². The fraction of sp³-hybridized carbons (Fsp3) is 0.0857. The van der Waals surface area contributed by atoms with E-state index in [-0.39, 0.29) is 5.41 Å². The van der Waals surface area contributed by atoms with Gasteiger partial charge in [-0.25, -0.2) is 4.52 Å². The molecule has 0 bridgehead atoms. The molecule has 40 heavy (non-hydrogen) atoms. The summed E-state index contributed by atoms with van der Waals surface area (Å²) in [6.45, 7) is 4.65. The first-order chi connectivity index (χ1) is 19.6. The second-order valence-electron chi connectivity index (χ2n) is 11.2. The number of nitrogens with zero attached hydrogens (tertiary/aromatic N) is 5. The van der Waals surface area contributed by atoms with Gasteiger partial charge in [0.1, 0.15) is 0 Å². The fourth-order valence-electron chi connectivity index (χ4n) is 7.01. The Hall–Kier alpha value is -5.16. The third kappa shape index (κ3) is 2.61. The average Bonchev–Trinajstić information content (AvgIpc) is 3.62. The third-order valence-electron chi connectivity index (χ3n) is 8.80. The largest absolute Gasteiger partial charge is 0.310 e. The molecular formula is C35H25N5. The van der Waals surface area contributed by atoms with Gasteiger partial charge in [-0.2, -0.15) is 5.10 Å². The maximum absolute atomic E-state index is 4.79. The predicted molar refractivity (Wildman–Crippen MR) is 163 cm³/mol. The van der Waals surface area contributed by atoms with Crippen molar-refractivity contribution in [2.24, 2.45) is 0 Å². The molecule has 4 aromatic carbocycles. The lowest BCUT2D eigenvalue weighted by Gasteiger charge is -2.42. The van der Waals surface area contributed by atoms with Crippen LogP contribution in [0.2, 0.25) is 0 Å². The second kappa shape index (κ2) is 7.48. The summed E-state index contributed by atoms with van der Waals surface area (Å²) in [5.41, 5.74) is 12.8. The minimum Gasteiger partial charge on any atom is -0.310 e. The number of pyridine rings is 2. The number of hydrogen-bond acceptors (Lipinski definition) is 3. The fourth-order valence-corrected chi connectivity index (χ4v) is 7.01. The molecule has 0 amide bonds. The van der Waals surface area contributed by atoms with Crippen LogP contribution in [-0.2, 0) is 5.41 Å². The molecule has 0 unspecified atom stereocenters. The van der Waals surface area contributed by atoms with Gasteiger partial charge in [-0.15, -0.1) is 0 Å². The van der Waals surface area contributed by atoms with Gasteiger partial charge in [-0.3, -0.25) is 4.98 Å². The molecule has 0 saturated heterocycles. The number of para-hydroxylation sites is 2. The minimum absolute atomic E-state index is 0.0733. The van der Waals surface area contributed by atoms with Gasteiger partial charge in [0.05, 0.1) is 45.2 Å².